The topological polar surface area (TPSA) is 40.1 Å². The van der Waals surface area contributed by atoms with Crippen molar-refractivity contribution >= 4 is 11.6 Å². The summed E-state index contributed by atoms with van der Waals surface area (Å²) in [6.45, 7) is 6.39. The first-order valence-corrected chi connectivity index (χ1v) is 10.2. The number of nitrogens with zero attached hydrogens (tertiary/aromatic N) is 3. The van der Waals surface area contributed by atoms with Crippen LogP contribution in [0.3, 0.4) is 0 Å². The molecule has 29 heavy (non-hydrogen) atoms. The van der Waals surface area contributed by atoms with E-state index in [1.54, 1.807) is 7.11 Å². The third kappa shape index (κ3) is 5.86. The highest BCUT2D eigenvalue weighted by Gasteiger charge is 2.23. The van der Waals surface area contributed by atoms with Gasteiger partial charge < -0.3 is 19.9 Å². The number of halogens is 1. The molecule has 2 aromatic carbocycles. The Hall–Kier alpha value is -2.76. The molecular formula is C23H31FN4O. The highest BCUT2D eigenvalue weighted by Crippen LogP contribution is 2.27. The van der Waals surface area contributed by atoms with Crippen LogP contribution in [0, 0.1) is 11.7 Å². The van der Waals surface area contributed by atoms with Crippen molar-refractivity contribution in [3.8, 4) is 5.75 Å². The van der Waals surface area contributed by atoms with Crippen LogP contribution >= 0.6 is 0 Å². The van der Waals surface area contributed by atoms with E-state index in [0.29, 0.717) is 12.5 Å². The van der Waals surface area contributed by atoms with E-state index in [9.17, 15) is 4.39 Å². The summed E-state index contributed by atoms with van der Waals surface area (Å²) in [5, 5.41) is 3.37. The van der Waals surface area contributed by atoms with Crippen molar-refractivity contribution in [3.63, 3.8) is 0 Å². The number of hydrogen-bond donors (Lipinski definition) is 1. The van der Waals surface area contributed by atoms with E-state index in [1.807, 2.05) is 31.3 Å². The summed E-state index contributed by atoms with van der Waals surface area (Å²) in [6.07, 6.45) is 1.13. The third-order valence-electron chi connectivity index (χ3n) is 5.23. The van der Waals surface area contributed by atoms with Crippen LogP contribution in [-0.4, -0.2) is 51.2 Å². The van der Waals surface area contributed by atoms with E-state index in [2.05, 4.69) is 34.2 Å². The average molecular weight is 399 g/mol. The van der Waals surface area contributed by atoms with E-state index < -0.39 is 0 Å². The molecule has 1 fully saturated rings. The van der Waals surface area contributed by atoms with Crippen LogP contribution in [0.2, 0.25) is 0 Å². The summed E-state index contributed by atoms with van der Waals surface area (Å²) in [6, 6.07) is 14.9. The third-order valence-corrected chi connectivity index (χ3v) is 5.23. The summed E-state index contributed by atoms with van der Waals surface area (Å²) < 4.78 is 18.5. The molecule has 0 aromatic heterocycles. The number of nitrogens with one attached hydrogen (secondary N) is 1. The minimum absolute atomic E-state index is 0.209. The van der Waals surface area contributed by atoms with Gasteiger partial charge in [-0.25, -0.2) is 4.39 Å². The Morgan fingerprint density at radius 2 is 2.07 bits per heavy atom. The van der Waals surface area contributed by atoms with Gasteiger partial charge in [0, 0.05) is 51.5 Å². The maximum absolute atomic E-state index is 13.1. The predicted octanol–water partition coefficient (Wildman–Crippen LogP) is 3.76. The number of anilines is 1. The van der Waals surface area contributed by atoms with E-state index in [1.165, 1.54) is 17.8 Å². The maximum Gasteiger partial charge on any atom is 0.193 e. The van der Waals surface area contributed by atoms with Gasteiger partial charge in [0.15, 0.2) is 5.96 Å². The number of methoxy groups -OCH3 is 1. The molecule has 1 N–H and O–H groups in total. The summed E-state index contributed by atoms with van der Waals surface area (Å²) in [4.78, 5) is 9.37. The van der Waals surface area contributed by atoms with Crippen molar-refractivity contribution in [1.29, 1.82) is 0 Å². The number of guanidine groups is 1. The minimum Gasteiger partial charge on any atom is -0.497 e. The van der Waals surface area contributed by atoms with Crippen LogP contribution in [0.25, 0.3) is 0 Å². The zero-order chi connectivity index (χ0) is 20.6. The van der Waals surface area contributed by atoms with Crippen molar-refractivity contribution in [3.05, 3.63) is 59.9 Å². The van der Waals surface area contributed by atoms with E-state index in [-0.39, 0.29) is 5.82 Å². The number of rotatable bonds is 7. The molecular weight excluding hydrogens is 367 g/mol. The van der Waals surface area contributed by atoms with Gasteiger partial charge in [-0.05, 0) is 49.1 Å². The molecule has 0 radical (unpaired) electrons. The lowest BCUT2D eigenvalue weighted by atomic mass is 10.1. The van der Waals surface area contributed by atoms with Crippen LogP contribution in [0.4, 0.5) is 10.1 Å². The normalized spacial score (nSPS) is 16.8. The largest absolute Gasteiger partial charge is 0.497 e. The van der Waals surface area contributed by atoms with Gasteiger partial charge in [-0.2, -0.15) is 0 Å². The molecule has 0 aliphatic carbocycles. The SMILES string of the molecule is CCNC(=NCC1CCN(c2cccc(OC)c2)C1)N(C)Cc1ccc(F)cc1. The van der Waals surface area contributed by atoms with Gasteiger partial charge in [0.2, 0.25) is 0 Å². The fraction of sp³-hybridized carbons (Fsp3) is 0.435. The van der Waals surface area contributed by atoms with Crippen molar-refractivity contribution in [2.75, 3.05) is 45.2 Å². The zero-order valence-corrected chi connectivity index (χ0v) is 17.6. The molecule has 2 aromatic rings. The van der Waals surface area contributed by atoms with Gasteiger partial charge in [-0.1, -0.05) is 18.2 Å². The molecule has 0 spiro atoms. The summed E-state index contributed by atoms with van der Waals surface area (Å²) >= 11 is 0. The number of ether oxygens (including phenoxy) is 1. The Morgan fingerprint density at radius 3 is 2.79 bits per heavy atom. The molecule has 1 heterocycles. The molecule has 0 saturated carbocycles. The van der Waals surface area contributed by atoms with E-state index >= 15 is 0 Å². The molecule has 1 unspecified atom stereocenters. The lowest BCUT2D eigenvalue weighted by molar-refractivity contribution is 0.415. The zero-order valence-electron chi connectivity index (χ0n) is 17.6. The van der Waals surface area contributed by atoms with Crippen molar-refractivity contribution in [2.24, 2.45) is 10.9 Å². The first-order chi connectivity index (χ1) is 14.1. The maximum atomic E-state index is 13.1. The van der Waals surface area contributed by atoms with E-state index in [0.717, 1.165) is 49.9 Å². The van der Waals surface area contributed by atoms with E-state index in [4.69, 9.17) is 9.73 Å². The quantitative estimate of drug-likeness (QED) is 0.570. The molecule has 1 aliphatic rings. The van der Waals surface area contributed by atoms with Crippen LogP contribution in [0.15, 0.2) is 53.5 Å². The molecule has 1 atom stereocenters. The Kier molecular flexibility index (Phi) is 7.33. The van der Waals surface area contributed by atoms with Crippen LogP contribution in [0.1, 0.15) is 18.9 Å². The Labute approximate surface area is 173 Å². The monoisotopic (exact) mass is 398 g/mol. The second-order valence-electron chi connectivity index (χ2n) is 7.48. The van der Waals surface area contributed by atoms with Crippen LogP contribution in [-0.2, 0) is 6.54 Å². The van der Waals surface area contributed by atoms with Gasteiger partial charge in [-0.3, -0.25) is 4.99 Å². The predicted molar refractivity (Wildman–Crippen MR) is 117 cm³/mol. The van der Waals surface area contributed by atoms with Gasteiger partial charge in [0.25, 0.3) is 0 Å². The molecule has 3 rings (SSSR count). The number of hydrogen-bond acceptors (Lipinski definition) is 3. The van der Waals surface area contributed by atoms with Gasteiger partial charge in [0.05, 0.1) is 7.11 Å². The van der Waals surface area contributed by atoms with Crippen molar-refractivity contribution in [2.45, 2.75) is 19.9 Å². The number of benzene rings is 2. The van der Waals surface area contributed by atoms with Crippen molar-refractivity contribution in [1.82, 2.24) is 10.2 Å². The lowest BCUT2D eigenvalue weighted by Gasteiger charge is -2.23. The highest BCUT2D eigenvalue weighted by molar-refractivity contribution is 5.79. The Morgan fingerprint density at radius 1 is 1.28 bits per heavy atom. The Bertz CT molecular complexity index is 809. The average Bonchev–Trinajstić information content (AvgIpc) is 3.22. The Balaban J connectivity index is 1.59. The van der Waals surface area contributed by atoms with Crippen LogP contribution in [0.5, 0.6) is 5.75 Å². The van der Waals surface area contributed by atoms with Crippen LogP contribution < -0.4 is 15.0 Å². The first kappa shape index (κ1) is 21.0. The number of aliphatic imine (C=N–C) groups is 1. The fourth-order valence-electron chi connectivity index (χ4n) is 3.65. The lowest BCUT2D eigenvalue weighted by Crippen LogP contribution is -2.39. The molecule has 1 saturated heterocycles. The second-order valence-corrected chi connectivity index (χ2v) is 7.48. The molecule has 1 aliphatic heterocycles. The van der Waals surface area contributed by atoms with Gasteiger partial charge in [0.1, 0.15) is 11.6 Å². The van der Waals surface area contributed by atoms with Gasteiger partial charge in [-0.15, -0.1) is 0 Å². The molecule has 0 amide bonds. The van der Waals surface area contributed by atoms with Gasteiger partial charge >= 0.3 is 0 Å². The minimum atomic E-state index is -0.209. The first-order valence-electron chi connectivity index (χ1n) is 10.2. The summed E-state index contributed by atoms with van der Waals surface area (Å²) in [5.41, 5.74) is 2.26. The van der Waals surface area contributed by atoms with Crippen molar-refractivity contribution < 1.29 is 9.13 Å². The summed E-state index contributed by atoms with van der Waals surface area (Å²) in [5.74, 6) is 2.09. The smallest absolute Gasteiger partial charge is 0.193 e. The molecule has 156 valence electrons. The fourth-order valence-corrected chi connectivity index (χ4v) is 3.65. The molecule has 5 nitrogen and oxygen atoms in total. The molecule has 0 bridgehead atoms. The molecule has 6 heteroatoms. The highest BCUT2D eigenvalue weighted by atomic mass is 19.1. The summed E-state index contributed by atoms with van der Waals surface area (Å²) in [7, 11) is 3.72. The standard InChI is InChI=1S/C23H31FN4O/c1-4-25-23(27(2)16-18-8-10-20(24)11-9-18)26-15-19-12-13-28(17-19)21-6-5-7-22(14-21)29-3/h5-11,14,19H,4,12-13,15-17H2,1-3H3,(H,25,26). The second kappa shape index (κ2) is 10.1.